The number of carbonyl (C=O) groups is 1. The lowest BCUT2D eigenvalue weighted by atomic mass is 10.2. The summed E-state index contributed by atoms with van der Waals surface area (Å²) in [6.07, 6.45) is 1.25. The van der Waals surface area contributed by atoms with Gasteiger partial charge >= 0.3 is 0 Å². The molecule has 23 heavy (non-hydrogen) atoms. The number of halogens is 1. The molecule has 0 aliphatic carbocycles. The third kappa shape index (κ3) is 5.19. The van der Waals surface area contributed by atoms with E-state index in [1.54, 1.807) is 18.2 Å². The molecule has 0 aliphatic heterocycles. The summed E-state index contributed by atoms with van der Waals surface area (Å²) in [5, 5.41) is 17.5. The highest BCUT2D eigenvalue weighted by atomic mass is 79.9. The predicted molar refractivity (Wildman–Crippen MR) is 91.5 cm³/mol. The highest BCUT2D eigenvalue weighted by Gasteiger charge is 2.10. The van der Waals surface area contributed by atoms with E-state index in [9.17, 15) is 14.9 Å². The molecule has 2 N–H and O–H groups in total. The van der Waals surface area contributed by atoms with Gasteiger partial charge in [0, 0.05) is 16.2 Å². The first-order valence-electron chi connectivity index (χ1n) is 6.61. The number of carbonyl (C=O) groups excluding carboxylic acids is 1. The highest BCUT2D eigenvalue weighted by Crippen LogP contribution is 2.15. The van der Waals surface area contributed by atoms with Gasteiger partial charge in [-0.1, -0.05) is 28.1 Å². The highest BCUT2D eigenvalue weighted by molar-refractivity contribution is 9.10. The summed E-state index contributed by atoms with van der Waals surface area (Å²) < 4.78 is 0.946. The van der Waals surface area contributed by atoms with E-state index >= 15 is 0 Å². The molecule has 0 aliphatic rings. The van der Waals surface area contributed by atoms with Crippen molar-refractivity contribution in [1.29, 1.82) is 0 Å². The van der Waals surface area contributed by atoms with E-state index in [1.165, 1.54) is 12.3 Å². The summed E-state index contributed by atoms with van der Waals surface area (Å²) in [6, 6.07) is 13.5. The average molecular weight is 377 g/mol. The zero-order valence-corrected chi connectivity index (χ0v) is 13.5. The van der Waals surface area contributed by atoms with Crippen molar-refractivity contribution in [3.63, 3.8) is 0 Å². The second-order valence-corrected chi connectivity index (χ2v) is 5.39. The molecule has 2 aromatic rings. The van der Waals surface area contributed by atoms with Crippen LogP contribution in [0.4, 0.5) is 11.4 Å². The topological polar surface area (TPSA) is 96.6 Å². The van der Waals surface area contributed by atoms with E-state index in [2.05, 4.69) is 31.8 Å². The van der Waals surface area contributed by atoms with Gasteiger partial charge < -0.3 is 5.32 Å². The maximum absolute atomic E-state index is 11.7. The molecule has 0 heterocycles. The Morgan fingerprint density at radius 1 is 1.22 bits per heavy atom. The Labute approximate surface area is 140 Å². The number of hydrogen-bond donors (Lipinski definition) is 2. The molecular weight excluding hydrogens is 364 g/mol. The predicted octanol–water partition coefficient (Wildman–Crippen LogP) is 2.92. The number of nitrogens with zero attached hydrogens (tertiary/aromatic N) is 2. The van der Waals surface area contributed by atoms with Gasteiger partial charge in [0.25, 0.3) is 11.6 Å². The number of benzene rings is 2. The lowest BCUT2D eigenvalue weighted by Gasteiger charge is -2.05. The number of amides is 1. The van der Waals surface area contributed by atoms with Gasteiger partial charge in [0.05, 0.1) is 23.2 Å². The smallest absolute Gasteiger partial charge is 0.278 e. The van der Waals surface area contributed by atoms with Crippen molar-refractivity contribution in [3.8, 4) is 0 Å². The zero-order valence-electron chi connectivity index (χ0n) is 11.9. The zero-order chi connectivity index (χ0) is 16.7. The molecule has 0 saturated carbocycles. The van der Waals surface area contributed by atoms with Crippen LogP contribution in [0.5, 0.6) is 0 Å². The normalized spacial score (nSPS) is 10.5. The van der Waals surface area contributed by atoms with Gasteiger partial charge in [-0.25, -0.2) is 5.43 Å². The van der Waals surface area contributed by atoms with Crippen molar-refractivity contribution in [2.75, 3.05) is 11.9 Å². The molecule has 1 amide bonds. The minimum atomic E-state index is -0.502. The van der Waals surface area contributed by atoms with Crippen LogP contribution in [0.1, 0.15) is 5.56 Å². The monoisotopic (exact) mass is 376 g/mol. The molecule has 0 bridgehead atoms. The van der Waals surface area contributed by atoms with Gasteiger partial charge in [-0.2, -0.15) is 5.10 Å². The second-order valence-electron chi connectivity index (χ2n) is 4.47. The molecular formula is C15H13BrN4O3. The second kappa shape index (κ2) is 8.04. The van der Waals surface area contributed by atoms with Gasteiger partial charge in [0.2, 0.25) is 0 Å². The summed E-state index contributed by atoms with van der Waals surface area (Å²) in [4.78, 5) is 22.0. The Kier molecular flexibility index (Phi) is 5.81. The van der Waals surface area contributed by atoms with Gasteiger partial charge in [0.15, 0.2) is 0 Å². The van der Waals surface area contributed by atoms with Crippen molar-refractivity contribution >= 4 is 39.4 Å². The van der Waals surface area contributed by atoms with Crippen LogP contribution in [0, 0.1) is 10.1 Å². The molecule has 0 fully saturated rings. The van der Waals surface area contributed by atoms with Gasteiger partial charge in [-0.3, -0.25) is 14.9 Å². The first-order valence-corrected chi connectivity index (χ1v) is 7.40. The van der Waals surface area contributed by atoms with E-state index < -0.39 is 4.92 Å². The minimum absolute atomic E-state index is 0.0376. The number of rotatable bonds is 6. The van der Waals surface area contributed by atoms with Crippen LogP contribution in [0.15, 0.2) is 58.1 Å². The van der Waals surface area contributed by atoms with Crippen LogP contribution in [0.2, 0.25) is 0 Å². The van der Waals surface area contributed by atoms with E-state index in [0.717, 1.165) is 10.2 Å². The van der Waals surface area contributed by atoms with E-state index in [-0.39, 0.29) is 18.1 Å². The Morgan fingerprint density at radius 2 is 1.91 bits per heavy atom. The van der Waals surface area contributed by atoms with Crippen LogP contribution < -0.4 is 10.7 Å². The van der Waals surface area contributed by atoms with Crippen molar-refractivity contribution in [2.45, 2.75) is 0 Å². The summed E-state index contributed by atoms with van der Waals surface area (Å²) in [5.74, 6) is -0.359. The molecule has 2 rings (SSSR count). The molecule has 0 radical (unpaired) electrons. The van der Waals surface area contributed by atoms with Crippen LogP contribution in [-0.4, -0.2) is 23.6 Å². The number of para-hydroxylation sites is 1. The number of nitro groups is 1. The average Bonchev–Trinajstić information content (AvgIpc) is 2.54. The summed E-state index contributed by atoms with van der Waals surface area (Å²) in [6.45, 7) is 0.0376. The lowest BCUT2D eigenvalue weighted by Crippen LogP contribution is -2.25. The van der Waals surface area contributed by atoms with Gasteiger partial charge in [-0.05, 0) is 30.3 Å². The Hall–Kier alpha value is -2.74. The summed E-state index contributed by atoms with van der Waals surface area (Å²) in [7, 11) is 0. The van der Waals surface area contributed by atoms with E-state index in [0.29, 0.717) is 5.56 Å². The van der Waals surface area contributed by atoms with E-state index in [1.807, 2.05) is 24.3 Å². The number of nitro benzene ring substituents is 1. The van der Waals surface area contributed by atoms with Crippen LogP contribution in [-0.2, 0) is 4.79 Å². The van der Waals surface area contributed by atoms with Crippen LogP contribution >= 0.6 is 15.9 Å². The van der Waals surface area contributed by atoms with Crippen molar-refractivity contribution < 1.29 is 9.72 Å². The van der Waals surface area contributed by atoms with E-state index in [4.69, 9.17) is 0 Å². The van der Waals surface area contributed by atoms with Crippen molar-refractivity contribution in [2.24, 2.45) is 5.10 Å². The molecule has 0 unspecified atom stereocenters. The van der Waals surface area contributed by atoms with Crippen LogP contribution in [0.3, 0.4) is 0 Å². The molecule has 0 atom stereocenters. The maximum Gasteiger partial charge on any atom is 0.278 e. The number of anilines is 1. The molecule has 2 aromatic carbocycles. The van der Waals surface area contributed by atoms with Crippen LogP contribution in [0.25, 0.3) is 0 Å². The summed E-state index contributed by atoms with van der Waals surface area (Å²) in [5.41, 5.74) is 3.36. The molecule has 0 aromatic heterocycles. The number of nitrogens with one attached hydrogen (secondary N) is 2. The Balaban J connectivity index is 1.87. The maximum atomic E-state index is 11.7. The first-order chi connectivity index (χ1) is 11.1. The van der Waals surface area contributed by atoms with Gasteiger partial charge in [0.1, 0.15) is 0 Å². The SMILES string of the molecule is O=C(CNc1ccc(Br)cc1)N/N=C\c1ccccc1[N+](=O)[O-]. The quantitative estimate of drug-likeness (QED) is 0.460. The fourth-order valence-corrected chi connectivity index (χ4v) is 1.99. The molecule has 8 heteroatoms. The largest absolute Gasteiger partial charge is 0.376 e. The summed E-state index contributed by atoms with van der Waals surface area (Å²) >= 11 is 3.32. The number of hydrazone groups is 1. The third-order valence-electron chi connectivity index (χ3n) is 2.82. The Morgan fingerprint density at radius 3 is 2.61 bits per heavy atom. The lowest BCUT2D eigenvalue weighted by molar-refractivity contribution is -0.385. The molecule has 0 saturated heterocycles. The molecule has 0 spiro atoms. The van der Waals surface area contributed by atoms with Gasteiger partial charge in [-0.15, -0.1) is 0 Å². The minimum Gasteiger partial charge on any atom is -0.376 e. The van der Waals surface area contributed by atoms with Crippen molar-refractivity contribution in [1.82, 2.24) is 5.43 Å². The molecule has 7 nitrogen and oxygen atoms in total. The Bertz CT molecular complexity index is 732. The standard InChI is InChI=1S/C15H13BrN4O3/c16-12-5-7-13(8-6-12)17-10-15(21)19-18-9-11-3-1-2-4-14(11)20(22)23/h1-9,17H,10H2,(H,19,21)/b18-9-. The first kappa shape index (κ1) is 16.6. The number of hydrogen-bond acceptors (Lipinski definition) is 5. The fraction of sp³-hybridized carbons (Fsp3) is 0.0667. The molecule has 118 valence electrons. The van der Waals surface area contributed by atoms with Crippen molar-refractivity contribution in [3.05, 3.63) is 68.7 Å². The fourth-order valence-electron chi connectivity index (χ4n) is 1.73. The third-order valence-corrected chi connectivity index (χ3v) is 3.35.